The summed E-state index contributed by atoms with van der Waals surface area (Å²) in [4.78, 5) is 11.4. The topological polar surface area (TPSA) is 98.8 Å². The second-order valence-electron chi connectivity index (χ2n) is 3.34. The summed E-state index contributed by atoms with van der Waals surface area (Å²) in [5.41, 5.74) is 0. The lowest BCUT2D eigenvalue weighted by Gasteiger charge is -2.20. The van der Waals surface area contributed by atoms with Crippen molar-refractivity contribution in [2.45, 2.75) is 18.6 Å². The number of hydrogen-bond donors (Lipinski definition) is 0. The van der Waals surface area contributed by atoms with Gasteiger partial charge < -0.3 is 0 Å². The first kappa shape index (κ1) is 12.6. The molecule has 0 spiro atoms. The summed E-state index contributed by atoms with van der Waals surface area (Å²) in [6.45, 7) is 2.37. The second kappa shape index (κ2) is 3.77. The molecule has 0 aromatic carbocycles. The minimum absolute atomic E-state index is 0.884. The lowest BCUT2D eigenvalue weighted by molar-refractivity contribution is -0.121. The van der Waals surface area contributed by atoms with Gasteiger partial charge in [0, 0.05) is 6.26 Å². The van der Waals surface area contributed by atoms with E-state index in [-0.39, 0.29) is 0 Å². The Morgan fingerprint density at radius 2 is 1.64 bits per heavy atom. The van der Waals surface area contributed by atoms with Crippen molar-refractivity contribution < 1.29 is 13.2 Å². The number of ketones is 1. The third-order valence-corrected chi connectivity index (χ3v) is 4.10. The van der Waals surface area contributed by atoms with Crippen molar-refractivity contribution in [1.82, 2.24) is 0 Å². The molecule has 0 saturated heterocycles. The van der Waals surface area contributed by atoms with E-state index in [0.717, 1.165) is 6.26 Å². The van der Waals surface area contributed by atoms with Crippen LogP contribution in [-0.2, 0) is 14.6 Å². The van der Waals surface area contributed by atoms with E-state index in [9.17, 15) is 13.2 Å². The molecule has 0 heterocycles. The maximum Gasteiger partial charge on any atom is 0.192 e. The van der Waals surface area contributed by atoms with Crippen LogP contribution in [0.2, 0.25) is 0 Å². The fourth-order valence-corrected chi connectivity index (χ4v) is 1.16. The molecular weight excluding hydrogens is 204 g/mol. The molecule has 0 bridgehead atoms. The molecule has 0 unspecified atom stereocenters. The molecule has 0 aliphatic carbocycles. The molecule has 0 N–H and O–H groups in total. The van der Waals surface area contributed by atoms with E-state index in [1.54, 1.807) is 0 Å². The molecule has 6 heteroatoms. The number of rotatable bonds is 3. The predicted octanol–water partition coefficient (Wildman–Crippen LogP) is 0.0421. The highest BCUT2D eigenvalue weighted by Gasteiger charge is 2.42. The van der Waals surface area contributed by atoms with Gasteiger partial charge in [0.2, 0.25) is 0 Å². The molecule has 0 atom stereocenters. The average Bonchev–Trinajstić information content (AvgIpc) is 2.04. The molecule has 0 aliphatic rings. The summed E-state index contributed by atoms with van der Waals surface area (Å²) in [6.07, 6.45) is 0.900. The molecular formula is C8H10N2O3S. The third kappa shape index (κ3) is 2.09. The van der Waals surface area contributed by atoms with E-state index in [1.807, 2.05) is 0 Å². The van der Waals surface area contributed by atoms with Crippen LogP contribution >= 0.6 is 0 Å². The number of nitriles is 2. The zero-order valence-electron chi connectivity index (χ0n) is 8.10. The minimum Gasteiger partial charge on any atom is -0.295 e. The Kier molecular flexibility index (Phi) is 3.39. The summed E-state index contributed by atoms with van der Waals surface area (Å²) in [5, 5.41) is 16.9. The highest BCUT2D eigenvalue weighted by atomic mass is 32.2. The Hall–Kier alpha value is -1.40. The fourth-order valence-electron chi connectivity index (χ4n) is 0.676. The molecule has 0 rings (SSSR count). The van der Waals surface area contributed by atoms with E-state index in [2.05, 4.69) is 0 Å². The first-order valence-corrected chi connectivity index (χ1v) is 5.60. The molecule has 0 aliphatic heterocycles. The number of carbonyl (C=O) groups excluding carboxylic acids is 1. The minimum atomic E-state index is -3.62. The van der Waals surface area contributed by atoms with Crippen molar-refractivity contribution >= 4 is 15.6 Å². The van der Waals surface area contributed by atoms with E-state index < -0.39 is 26.3 Å². The van der Waals surface area contributed by atoms with Crippen LogP contribution in [0.1, 0.15) is 13.8 Å². The molecule has 5 nitrogen and oxygen atoms in total. The summed E-state index contributed by atoms with van der Waals surface area (Å²) in [5.74, 6) is -2.41. The lowest BCUT2D eigenvalue weighted by atomic mass is 9.97. The van der Waals surface area contributed by atoms with Gasteiger partial charge in [-0.2, -0.15) is 10.5 Å². The van der Waals surface area contributed by atoms with Gasteiger partial charge in [0.05, 0.1) is 12.1 Å². The van der Waals surface area contributed by atoms with Crippen LogP contribution < -0.4 is 0 Å². The number of nitrogens with zero attached hydrogens (tertiary/aromatic N) is 2. The van der Waals surface area contributed by atoms with Crippen molar-refractivity contribution in [3.05, 3.63) is 0 Å². The predicted molar refractivity (Wildman–Crippen MR) is 48.6 cm³/mol. The van der Waals surface area contributed by atoms with Crippen LogP contribution in [0.4, 0.5) is 0 Å². The van der Waals surface area contributed by atoms with Crippen LogP contribution in [0.5, 0.6) is 0 Å². The van der Waals surface area contributed by atoms with Crippen LogP contribution in [0.15, 0.2) is 0 Å². The highest BCUT2D eigenvalue weighted by molar-refractivity contribution is 7.92. The first-order valence-electron chi connectivity index (χ1n) is 3.71. The van der Waals surface area contributed by atoms with Gasteiger partial charge >= 0.3 is 0 Å². The van der Waals surface area contributed by atoms with Crippen molar-refractivity contribution in [2.24, 2.45) is 5.92 Å². The van der Waals surface area contributed by atoms with Gasteiger partial charge in [0.25, 0.3) is 0 Å². The van der Waals surface area contributed by atoms with Gasteiger partial charge in [0.1, 0.15) is 4.75 Å². The van der Waals surface area contributed by atoms with E-state index in [4.69, 9.17) is 10.5 Å². The molecule has 0 saturated carbocycles. The SMILES string of the molecule is CC(C)(C(=O)C(C#N)C#N)S(C)(=O)=O. The number of carbonyl (C=O) groups is 1. The Balaban J connectivity index is 5.29. The third-order valence-electron chi connectivity index (χ3n) is 2.04. The second-order valence-corrected chi connectivity index (χ2v) is 5.90. The van der Waals surface area contributed by atoms with Gasteiger partial charge in [-0.25, -0.2) is 8.42 Å². The molecule has 76 valence electrons. The normalized spacial score (nSPS) is 11.9. The molecule has 0 amide bonds. The van der Waals surface area contributed by atoms with Gasteiger partial charge in [-0.05, 0) is 13.8 Å². The average molecular weight is 214 g/mol. The highest BCUT2D eigenvalue weighted by Crippen LogP contribution is 2.20. The monoisotopic (exact) mass is 214 g/mol. The summed E-state index contributed by atoms with van der Waals surface area (Å²) < 4.78 is 20.7. The molecule has 0 aromatic rings. The molecule has 0 aromatic heterocycles. The molecule has 0 fully saturated rings. The maximum atomic E-state index is 11.4. The Morgan fingerprint density at radius 3 is 1.86 bits per heavy atom. The smallest absolute Gasteiger partial charge is 0.192 e. The number of sulfone groups is 1. The lowest BCUT2D eigenvalue weighted by Crippen LogP contribution is -2.43. The quantitative estimate of drug-likeness (QED) is 0.660. The maximum absolute atomic E-state index is 11.4. The zero-order chi connectivity index (χ0) is 11.6. The van der Waals surface area contributed by atoms with Crippen molar-refractivity contribution in [1.29, 1.82) is 10.5 Å². The van der Waals surface area contributed by atoms with Gasteiger partial charge in [-0.15, -0.1) is 0 Å². The molecule has 14 heavy (non-hydrogen) atoms. The van der Waals surface area contributed by atoms with Crippen LogP contribution in [0, 0.1) is 28.6 Å². The van der Waals surface area contributed by atoms with Crippen LogP contribution in [-0.4, -0.2) is 25.2 Å². The summed E-state index contributed by atoms with van der Waals surface area (Å²) >= 11 is 0. The van der Waals surface area contributed by atoms with E-state index >= 15 is 0 Å². The van der Waals surface area contributed by atoms with E-state index in [0.29, 0.717) is 0 Å². The van der Waals surface area contributed by atoms with Gasteiger partial charge in [-0.1, -0.05) is 0 Å². The number of hydrogen-bond acceptors (Lipinski definition) is 5. The van der Waals surface area contributed by atoms with Crippen LogP contribution in [0.25, 0.3) is 0 Å². The Bertz CT molecular complexity index is 408. The molecule has 0 radical (unpaired) electrons. The van der Waals surface area contributed by atoms with Crippen molar-refractivity contribution in [2.75, 3.05) is 6.26 Å². The standard InChI is InChI=1S/C8H10N2O3S/c1-8(2,14(3,12)13)7(11)6(4-9)5-10/h6H,1-3H3. The number of Topliss-reactive ketones (excluding diaryl/α,β-unsaturated/α-hetero) is 1. The Labute approximate surface area is 82.9 Å². The Morgan fingerprint density at radius 1 is 1.29 bits per heavy atom. The summed E-state index contributed by atoms with van der Waals surface area (Å²) in [6, 6.07) is 2.91. The fraction of sp³-hybridized carbons (Fsp3) is 0.625. The zero-order valence-corrected chi connectivity index (χ0v) is 8.92. The largest absolute Gasteiger partial charge is 0.295 e. The van der Waals surface area contributed by atoms with Gasteiger partial charge in [-0.3, -0.25) is 4.79 Å². The summed E-state index contributed by atoms with van der Waals surface area (Å²) in [7, 11) is -3.62. The van der Waals surface area contributed by atoms with Gasteiger partial charge in [0.15, 0.2) is 21.5 Å². The van der Waals surface area contributed by atoms with Crippen molar-refractivity contribution in [3.63, 3.8) is 0 Å². The first-order chi connectivity index (χ1) is 6.18. The van der Waals surface area contributed by atoms with Crippen molar-refractivity contribution in [3.8, 4) is 12.1 Å². The van der Waals surface area contributed by atoms with Crippen LogP contribution in [0.3, 0.4) is 0 Å². The van der Waals surface area contributed by atoms with E-state index in [1.165, 1.54) is 26.0 Å².